The summed E-state index contributed by atoms with van der Waals surface area (Å²) >= 11 is 0. The average molecular weight is 389 g/mol. The standard InChI is InChI=1S/C23H19NO5/c1-28-17-11-9-16(10-12-17)21(25)19-20(15-6-3-2-4-7-15)24(23(27)22(19)26)14-18-8-5-13-29-18/h2-13,20,25H,14H2,1H3/b21-19+/t20-/m0/s1. The summed E-state index contributed by atoms with van der Waals surface area (Å²) in [5, 5.41) is 11.0. The Morgan fingerprint density at radius 1 is 1.03 bits per heavy atom. The van der Waals surface area contributed by atoms with Crippen molar-refractivity contribution < 1.29 is 23.8 Å². The summed E-state index contributed by atoms with van der Waals surface area (Å²) in [6.45, 7) is 0.122. The van der Waals surface area contributed by atoms with Crippen LogP contribution in [0.2, 0.25) is 0 Å². The molecule has 4 rings (SSSR count). The van der Waals surface area contributed by atoms with E-state index in [1.165, 1.54) is 11.2 Å². The van der Waals surface area contributed by atoms with Gasteiger partial charge >= 0.3 is 0 Å². The van der Waals surface area contributed by atoms with Crippen molar-refractivity contribution in [2.45, 2.75) is 12.6 Å². The van der Waals surface area contributed by atoms with Gasteiger partial charge in [-0.1, -0.05) is 30.3 Å². The van der Waals surface area contributed by atoms with Crippen molar-refractivity contribution in [3.63, 3.8) is 0 Å². The number of furan rings is 1. The predicted octanol–water partition coefficient (Wildman–Crippen LogP) is 3.91. The normalized spacial score (nSPS) is 18.2. The van der Waals surface area contributed by atoms with Crippen LogP contribution in [0.5, 0.6) is 5.75 Å². The molecular formula is C23H19NO5. The van der Waals surface area contributed by atoms with E-state index < -0.39 is 17.7 Å². The van der Waals surface area contributed by atoms with Crippen molar-refractivity contribution in [2.24, 2.45) is 0 Å². The molecule has 0 spiro atoms. The van der Waals surface area contributed by atoms with Crippen LogP contribution in [-0.2, 0) is 16.1 Å². The topological polar surface area (TPSA) is 80.0 Å². The molecule has 1 fully saturated rings. The lowest BCUT2D eigenvalue weighted by molar-refractivity contribution is -0.140. The maximum Gasteiger partial charge on any atom is 0.296 e. The Labute approximate surface area is 167 Å². The molecule has 1 aliphatic heterocycles. The molecule has 3 aromatic rings. The number of Topliss-reactive ketones (excluding diaryl/α,β-unsaturated/α-hetero) is 1. The number of aliphatic hydroxyl groups is 1. The quantitative estimate of drug-likeness (QED) is 0.407. The monoisotopic (exact) mass is 389 g/mol. The summed E-state index contributed by atoms with van der Waals surface area (Å²) in [4.78, 5) is 27.2. The fourth-order valence-corrected chi connectivity index (χ4v) is 3.50. The van der Waals surface area contributed by atoms with E-state index in [2.05, 4.69) is 0 Å². The van der Waals surface area contributed by atoms with Gasteiger partial charge in [0.15, 0.2) is 0 Å². The molecule has 2 heterocycles. The van der Waals surface area contributed by atoms with E-state index in [1.807, 2.05) is 30.3 Å². The number of likely N-dealkylation sites (tertiary alicyclic amines) is 1. The highest BCUT2D eigenvalue weighted by atomic mass is 16.5. The molecule has 1 atom stereocenters. The minimum Gasteiger partial charge on any atom is -0.507 e. The second kappa shape index (κ2) is 7.67. The van der Waals surface area contributed by atoms with Gasteiger partial charge < -0.3 is 19.2 Å². The number of carbonyl (C=O) groups is 2. The van der Waals surface area contributed by atoms with Gasteiger partial charge in [0.05, 0.1) is 31.5 Å². The van der Waals surface area contributed by atoms with Gasteiger partial charge in [-0.15, -0.1) is 0 Å². The van der Waals surface area contributed by atoms with Gasteiger partial charge in [-0.05, 0) is 42.0 Å². The van der Waals surface area contributed by atoms with E-state index in [4.69, 9.17) is 9.15 Å². The van der Waals surface area contributed by atoms with Crippen LogP contribution in [0.4, 0.5) is 0 Å². The molecule has 6 nitrogen and oxygen atoms in total. The van der Waals surface area contributed by atoms with Crippen molar-refractivity contribution >= 4 is 17.4 Å². The largest absolute Gasteiger partial charge is 0.507 e. The summed E-state index contributed by atoms with van der Waals surface area (Å²) in [7, 11) is 1.55. The zero-order chi connectivity index (χ0) is 20.4. The molecule has 146 valence electrons. The number of ether oxygens (including phenoxy) is 1. The van der Waals surface area contributed by atoms with Crippen molar-refractivity contribution in [1.29, 1.82) is 0 Å². The number of methoxy groups -OCH3 is 1. The Bertz CT molecular complexity index is 1050. The number of nitrogens with zero attached hydrogens (tertiary/aromatic N) is 1. The summed E-state index contributed by atoms with van der Waals surface area (Å²) in [5.74, 6) is -0.442. The number of hydrogen-bond acceptors (Lipinski definition) is 5. The summed E-state index contributed by atoms with van der Waals surface area (Å²) < 4.78 is 10.5. The molecular weight excluding hydrogens is 370 g/mol. The maximum absolute atomic E-state index is 12.9. The Hall–Kier alpha value is -3.80. The molecule has 2 aromatic carbocycles. The third kappa shape index (κ3) is 3.40. The van der Waals surface area contributed by atoms with Gasteiger partial charge in [-0.2, -0.15) is 0 Å². The summed E-state index contributed by atoms with van der Waals surface area (Å²) in [5.41, 5.74) is 1.22. The van der Waals surface area contributed by atoms with Crippen molar-refractivity contribution in [2.75, 3.05) is 7.11 Å². The molecule has 6 heteroatoms. The molecule has 1 saturated heterocycles. The average Bonchev–Trinajstić information content (AvgIpc) is 3.36. The molecule has 0 bridgehead atoms. The number of benzene rings is 2. The minimum absolute atomic E-state index is 0.0536. The zero-order valence-electron chi connectivity index (χ0n) is 15.7. The maximum atomic E-state index is 12.9. The van der Waals surface area contributed by atoms with Crippen molar-refractivity contribution in [3.8, 4) is 5.75 Å². The summed E-state index contributed by atoms with van der Waals surface area (Å²) in [6, 6.07) is 18.6. The SMILES string of the molecule is COc1ccc(/C(O)=C2\C(=O)C(=O)N(Cc3ccco3)[C@H]2c2ccccc2)cc1. The van der Waals surface area contributed by atoms with Gasteiger partial charge in [-0.25, -0.2) is 0 Å². The Morgan fingerprint density at radius 2 is 1.76 bits per heavy atom. The number of amides is 1. The number of aliphatic hydroxyl groups excluding tert-OH is 1. The number of ketones is 1. The lowest BCUT2D eigenvalue weighted by Crippen LogP contribution is -2.29. The van der Waals surface area contributed by atoms with Crippen LogP contribution in [0.1, 0.15) is 22.9 Å². The van der Waals surface area contributed by atoms with Crippen LogP contribution >= 0.6 is 0 Å². The lowest BCUT2D eigenvalue weighted by Gasteiger charge is -2.24. The first kappa shape index (κ1) is 18.6. The van der Waals surface area contributed by atoms with Crippen LogP contribution in [-0.4, -0.2) is 28.8 Å². The Balaban J connectivity index is 1.83. The van der Waals surface area contributed by atoms with E-state index in [-0.39, 0.29) is 17.9 Å². The molecule has 1 amide bonds. The Kier molecular flexibility index (Phi) is 4.91. The first-order valence-corrected chi connectivity index (χ1v) is 9.10. The number of carbonyl (C=O) groups excluding carboxylic acids is 2. The fourth-order valence-electron chi connectivity index (χ4n) is 3.50. The third-order valence-electron chi connectivity index (χ3n) is 4.93. The van der Waals surface area contributed by atoms with E-state index in [0.717, 1.165) is 5.56 Å². The lowest BCUT2D eigenvalue weighted by atomic mass is 9.95. The highest BCUT2D eigenvalue weighted by Crippen LogP contribution is 2.40. The molecule has 0 unspecified atom stereocenters. The van der Waals surface area contributed by atoms with Gasteiger partial charge in [0, 0.05) is 5.56 Å². The van der Waals surface area contributed by atoms with Crippen LogP contribution in [0.25, 0.3) is 5.76 Å². The second-order valence-corrected chi connectivity index (χ2v) is 6.65. The Morgan fingerprint density at radius 3 is 2.38 bits per heavy atom. The zero-order valence-corrected chi connectivity index (χ0v) is 15.7. The number of rotatable bonds is 5. The van der Waals surface area contributed by atoms with E-state index in [1.54, 1.807) is 43.5 Å². The van der Waals surface area contributed by atoms with Crippen LogP contribution < -0.4 is 4.74 Å². The fraction of sp³-hybridized carbons (Fsp3) is 0.130. The van der Waals surface area contributed by atoms with Gasteiger partial charge in [0.2, 0.25) is 0 Å². The third-order valence-corrected chi connectivity index (χ3v) is 4.93. The molecule has 1 aromatic heterocycles. The van der Waals surface area contributed by atoms with Crippen LogP contribution in [0.3, 0.4) is 0 Å². The highest BCUT2D eigenvalue weighted by Gasteiger charge is 2.46. The molecule has 29 heavy (non-hydrogen) atoms. The van der Waals surface area contributed by atoms with E-state index in [0.29, 0.717) is 17.1 Å². The van der Waals surface area contributed by atoms with Crippen LogP contribution in [0, 0.1) is 0 Å². The molecule has 1 aliphatic rings. The van der Waals surface area contributed by atoms with Crippen LogP contribution in [0.15, 0.2) is 83.0 Å². The molecule has 1 N–H and O–H groups in total. The number of hydrogen-bond donors (Lipinski definition) is 1. The second-order valence-electron chi connectivity index (χ2n) is 6.65. The highest BCUT2D eigenvalue weighted by molar-refractivity contribution is 6.46. The molecule has 0 saturated carbocycles. The first-order chi connectivity index (χ1) is 14.1. The molecule has 0 aliphatic carbocycles. The predicted molar refractivity (Wildman–Crippen MR) is 106 cm³/mol. The van der Waals surface area contributed by atoms with Gasteiger partial charge in [-0.3, -0.25) is 9.59 Å². The minimum atomic E-state index is -0.723. The summed E-state index contributed by atoms with van der Waals surface area (Å²) in [6.07, 6.45) is 1.51. The first-order valence-electron chi connectivity index (χ1n) is 9.10. The van der Waals surface area contributed by atoms with Gasteiger partial charge in [0.25, 0.3) is 11.7 Å². The van der Waals surface area contributed by atoms with Gasteiger partial charge in [0.1, 0.15) is 17.3 Å². The van der Waals surface area contributed by atoms with Crippen molar-refractivity contribution in [3.05, 3.63) is 95.5 Å². The van der Waals surface area contributed by atoms with E-state index >= 15 is 0 Å². The molecule has 0 radical (unpaired) electrons. The smallest absolute Gasteiger partial charge is 0.296 e. The van der Waals surface area contributed by atoms with E-state index in [9.17, 15) is 14.7 Å². The van der Waals surface area contributed by atoms with Crippen molar-refractivity contribution in [1.82, 2.24) is 4.90 Å².